The fourth-order valence-electron chi connectivity index (χ4n) is 1.41. The molecule has 0 aliphatic rings. The second-order valence-corrected chi connectivity index (χ2v) is 4.20. The second kappa shape index (κ2) is 4.06. The Morgan fingerprint density at radius 3 is 2.93 bits per heavy atom. The molecule has 0 unspecified atom stereocenters. The van der Waals surface area contributed by atoms with E-state index in [0.717, 1.165) is 15.4 Å². The first-order chi connectivity index (χ1) is 7.15. The summed E-state index contributed by atoms with van der Waals surface area (Å²) in [4.78, 5) is 10.4. The molecule has 0 radical (unpaired) electrons. The van der Waals surface area contributed by atoms with Crippen LogP contribution in [0.25, 0.3) is 11.0 Å². The minimum Gasteiger partial charge on any atom is -0.481 e. The normalized spacial score (nSPS) is 10.7. The van der Waals surface area contributed by atoms with Crippen LogP contribution in [-0.4, -0.2) is 11.1 Å². The van der Waals surface area contributed by atoms with Crippen LogP contribution in [0.1, 0.15) is 12.2 Å². The summed E-state index contributed by atoms with van der Waals surface area (Å²) in [5.74, 6) is -0.0952. The van der Waals surface area contributed by atoms with E-state index in [2.05, 4.69) is 15.9 Å². The van der Waals surface area contributed by atoms with E-state index in [-0.39, 0.29) is 6.42 Å². The van der Waals surface area contributed by atoms with E-state index < -0.39 is 5.97 Å². The molecular formula is C11H9BrO3. The van der Waals surface area contributed by atoms with Gasteiger partial charge in [-0.05, 0) is 24.3 Å². The predicted octanol–water partition coefficient (Wildman–Crippen LogP) is 3.21. The monoisotopic (exact) mass is 268 g/mol. The zero-order chi connectivity index (χ0) is 10.8. The van der Waals surface area contributed by atoms with Crippen LogP contribution in [0.5, 0.6) is 0 Å². The highest BCUT2D eigenvalue weighted by Crippen LogP contribution is 2.23. The van der Waals surface area contributed by atoms with Crippen molar-refractivity contribution >= 4 is 32.9 Å². The van der Waals surface area contributed by atoms with Crippen molar-refractivity contribution in [2.45, 2.75) is 12.8 Å². The zero-order valence-electron chi connectivity index (χ0n) is 7.87. The topological polar surface area (TPSA) is 50.4 Å². The summed E-state index contributed by atoms with van der Waals surface area (Å²) >= 11 is 3.35. The van der Waals surface area contributed by atoms with E-state index in [9.17, 15) is 4.79 Å². The van der Waals surface area contributed by atoms with Gasteiger partial charge in [-0.1, -0.05) is 15.9 Å². The van der Waals surface area contributed by atoms with Gasteiger partial charge in [0.15, 0.2) is 0 Å². The number of fused-ring (bicyclic) bond motifs is 1. The number of hydrogen-bond acceptors (Lipinski definition) is 2. The van der Waals surface area contributed by atoms with Gasteiger partial charge in [0.2, 0.25) is 0 Å². The molecule has 0 aliphatic heterocycles. The summed E-state index contributed by atoms with van der Waals surface area (Å²) in [5.41, 5.74) is 0.782. The highest BCUT2D eigenvalue weighted by Gasteiger charge is 2.06. The largest absolute Gasteiger partial charge is 0.481 e. The minimum atomic E-state index is -0.809. The predicted molar refractivity (Wildman–Crippen MR) is 59.9 cm³/mol. The molecule has 1 aromatic heterocycles. The van der Waals surface area contributed by atoms with Gasteiger partial charge in [-0.25, -0.2) is 0 Å². The molecule has 4 heteroatoms. The summed E-state index contributed by atoms with van der Waals surface area (Å²) in [7, 11) is 0. The van der Waals surface area contributed by atoms with Crippen LogP contribution in [0.4, 0.5) is 0 Å². The number of rotatable bonds is 3. The van der Waals surface area contributed by atoms with E-state index >= 15 is 0 Å². The third-order valence-corrected chi connectivity index (χ3v) is 2.61. The van der Waals surface area contributed by atoms with E-state index in [0.29, 0.717) is 12.2 Å². The van der Waals surface area contributed by atoms with Crippen molar-refractivity contribution in [1.82, 2.24) is 0 Å². The molecule has 0 fully saturated rings. The second-order valence-electron chi connectivity index (χ2n) is 3.29. The van der Waals surface area contributed by atoms with Crippen LogP contribution in [0.3, 0.4) is 0 Å². The molecule has 1 heterocycles. The van der Waals surface area contributed by atoms with E-state index in [1.54, 1.807) is 0 Å². The lowest BCUT2D eigenvalue weighted by atomic mass is 10.2. The van der Waals surface area contributed by atoms with Crippen LogP contribution >= 0.6 is 15.9 Å². The van der Waals surface area contributed by atoms with Crippen LogP contribution in [0.15, 0.2) is 33.2 Å². The maximum absolute atomic E-state index is 10.4. The fraction of sp³-hybridized carbons (Fsp3) is 0.182. The summed E-state index contributed by atoms with van der Waals surface area (Å²) in [6, 6.07) is 7.62. The SMILES string of the molecule is O=C(O)CCc1cc2ccc(Br)cc2o1. The first-order valence-corrected chi connectivity index (χ1v) is 5.34. The van der Waals surface area contributed by atoms with Crippen LogP contribution in [0, 0.1) is 0 Å². The summed E-state index contributed by atoms with van der Waals surface area (Å²) in [6.45, 7) is 0. The number of hydrogen-bond donors (Lipinski definition) is 1. The number of carbonyl (C=O) groups is 1. The fourth-order valence-corrected chi connectivity index (χ4v) is 1.75. The molecule has 0 saturated heterocycles. The van der Waals surface area contributed by atoms with Crippen LogP contribution < -0.4 is 0 Å². The number of halogens is 1. The first kappa shape index (κ1) is 10.2. The number of furan rings is 1. The molecule has 0 atom stereocenters. The van der Waals surface area contributed by atoms with Gasteiger partial charge < -0.3 is 9.52 Å². The summed E-state index contributed by atoms with van der Waals surface area (Å²) in [5, 5.41) is 9.54. The van der Waals surface area contributed by atoms with Crippen molar-refractivity contribution in [2.75, 3.05) is 0 Å². The Morgan fingerprint density at radius 1 is 1.40 bits per heavy atom. The third-order valence-electron chi connectivity index (χ3n) is 2.12. The van der Waals surface area contributed by atoms with Crippen molar-refractivity contribution in [3.05, 3.63) is 34.5 Å². The number of carboxylic acid groups (broad SMARTS) is 1. The molecule has 3 nitrogen and oxygen atoms in total. The van der Waals surface area contributed by atoms with Crippen molar-refractivity contribution in [2.24, 2.45) is 0 Å². The van der Waals surface area contributed by atoms with E-state index in [4.69, 9.17) is 9.52 Å². The Balaban J connectivity index is 2.27. The van der Waals surface area contributed by atoms with E-state index in [1.165, 1.54) is 0 Å². The van der Waals surface area contributed by atoms with Crippen molar-refractivity contribution < 1.29 is 14.3 Å². The van der Waals surface area contributed by atoms with Crippen molar-refractivity contribution in [1.29, 1.82) is 0 Å². The third kappa shape index (κ3) is 2.39. The van der Waals surface area contributed by atoms with Gasteiger partial charge in [0, 0.05) is 16.3 Å². The Kier molecular flexibility index (Phi) is 2.77. The molecule has 0 saturated carbocycles. The molecule has 2 aromatic rings. The minimum absolute atomic E-state index is 0.0982. The standard InChI is InChI=1S/C11H9BrO3/c12-8-2-1-7-5-9(3-4-11(13)14)15-10(7)6-8/h1-2,5-6H,3-4H2,(H,13,14). The molecule has 0 amide bonds. The lowest BCUT2D eigenvalue weighted by Crippen LogP contribution is -1.95. The van der Waals surface area contributed by atoms with Crippen LogP contribution in [0.2, 0.25) is 0 Å². The molecule has 0 bridgehead atoms. The number of aliphatic carboxylic acids is 1. The molecule has 78 valence electrons. The van der Waals surface area contributed by atoms with Crippen LogP contribution in [-0.2, 0) is 11.2 Å². The maximum atomic E-state index is 10.4. The average Bonchev–Trinajstić information content (AvgIpc) is 2.56. The maximum Gasteiger partial charge on any atom is 0.303 e. The molecule has 1 N–H and O–H groups in total. The van der Waals surface area contributed by atoms with Crippen molar-refractivity contribution in [3.63, 3.8) is 0 Å². The highest BCUT2D eigenvalue weighted by atomic mass is 79.9. The Bertz CT molecular complexity index is 502. The van der Waals surface area contributed by atoms with E-state index in [1.807, 2.05) is 24.3 Å². The van der Waals surface area contributed by atoms with Gasteiger partial charge in [-0.3, -0.25) is 4.79 Å². The smallest absolute Gasteiger partial charge is 0.303 e. The number of carboxylic acids is 1. The van der Waals surface area contributed by atoms with Crippen molar-refractivity contribution in [3.8, 4) is 0 Å². The van der Waals surface area contributed by atoms with Gasteiger partial charge in [0.25, 0.3) is 0 Å². The van der Waals surface area contributed by atoms with Gasteiger partial charge >= 0.3 is 5.97 Å². The highest BCUT2D eigenvalue weighted by molar-refractivity contribution is 9.10. The number of aryl methyl sites for hydroxylation is 1. The number of benzene rings is 1. The molecule has 2 rings (SSSR count). The molecule has 15 heavy (non-hydrogen) atoms. The zero-order valence-corrected chi connectivity index (χ0v) is 9.45. The quantitative estimate of drug-likeness (QED) is 0.930. The van der Waals surface area contributed by atoms with Gasteiger partial charge in [0.1, 0.15) is 11.3 Å². The lowest BCUT2D eigenvalue weighted by molar-refractivity contribution is -0.137. The Hall–Kier alpha value is -1.29. The summed E-state index contributed by atoms with van der Waals surface area (Å²) < 4.78 is 6.46. The Morgan fingerprint density at radius 2 is 2.20 bits per heavy atom. The summed E-state index contributed by atoms with van der Waals surface area (Å²) in [6.07, 6.45) is 0.530. The average molecular weight is 269 g/mol. The molecule has 0 spiro atoms. The molecular weight excluding hydrogens is 260 g/mol. The first-order valence-electron chi connectivity index (χ1n) is 4.55. The Labute approximate surface area is 94.8 Å². The molecule has 0 aliphatic carbocycles. The van der Waals surface area contributed by atoms with Gasteiger partial charge in [-0.15, -0.1) is 0 Å². The van der Waals surface area contributed by atoms with Gasteiger partial charge in [0.05, 0.1) is 6.42 Å². The van der Waals surface area contributed by atoms with Gasteiger partial charge in [-0.2, -0.15) is 0 Å². The molecule has 1 aromatic carbocycles. The lowest BCUT2D eigenvalue weighted by Gasteiger charge is -1.90.